The predicted octanol–water partition coefficient (Wildman–Crippen LogP) is 8.57. The van der Waals surface area contributed by atoms with E-state index in [2.05, 4.69) is 73.8 Å². The summed E-state index contributed by atoms with van der Waals surface area (Å²) in [6.07, 6.45) is 31.6. The van der Waals surface area contributed by atoms with Crippen molar-refractivity contribution in [2.24, 2.45) is 0 Å². The minimum Gasteiger partial charge on any atom is -0.439 e. The van der Waals surface area contributed by atoms with Gasteiger partial charge in [0, 0.05) is 6.42 Å². The van der Waals surface area contributed by atoms with Crippen LogP contribution < -0.4 is 0 Å². The molecule has 192 valence electrons. The molecule has 2 amide bonds. The summed E-state index contributed by atoms with van der Waals surface area (Å²) in [5, 5.41) is 0. The second-order valence-electron chi connectivity index (χ2n) is 8.67. The highest BCUT2D eigenvalue weighted by atomic mass is 16.6. The zero-order valence-corrected chi connectivity index (χ0v) is 21.8. The van der Waals surface area contributed by atoms with Gasteiger partial charge in [-0.25, -0.2) is 9.69 Å². The van der Waals surface area contributed by atoms with Crippen LogP contribution in [0.2, 0.25) is 0 Å². The summed E-state index contributed by atoms with van der Waals surface area (Å²) in [4.78, 5) is 26.1. The molecule has 2 rings (SSSR count). The standard InChI is InChI=1S/C32H41NO3/c1-3-4-5-6-7-8-9-10-11-12-13-14-15-16-17-18-19-20-24-27-30(34)33-28(2)31(36-32(33)35)29-25-22-21-23-26-29/h4-5,7-8,10-11,13-14,16-17,19-23,25-26,28,31H,3,6,9,12,15,18,24,27H2,1-2H3/t28-,31-/m1/s1. The first-order valence-corrected chi connectivity index (χ1v) is 13.1. The molecule has 0 bridgehead atoms. The zero-order chi connectivity index (χ0) is 25.8. The Labute approximate surface area is 217 Å². The van der Waals surface area contributed by atoms with Crippen molar-refractivity contribution in [3.05, 3.63) is 109 Å². The largest absolute Gasteiger partial charge is 0.439 e. The molecule has 36 heavy (non-hydrogen) atoms. The first-order chi connectivity index (χ1) is 17.6. The lowest BCUT2D eigenvalue weighted by Crippen LogP contribution is -2.37. The maximum absolute atomic E-state index is 12.6. The topological polar surface area (TPSA) is 46.6 Å². The minimum atomic E-state index is -0.552. The third-order valence-corrected chi connectivity index (χ3v) is 5.79. The number of imide groups is 1. The van der Waals surface area contributed by atoms with Gasteiger partial charge in [0.15, 0.2) is 0 Å². The van der Waals surface area contributed by atoms with E-state index in [1.54, 1.807) is 0 Å². The number of carbonyl (C=O) groups excluding carboxylic acids is 2. The molecule has 1 heterocycles. The van der Waals surface area contributed by atoms with Gasteiger partial charge in [0.05, 0.1) is 6.04 Å². The van der Waals surface area contributed by atoms with Crippen molar-refractivity contribution >= 4 is 12.0 Å². The number of carbonyl (C=O) groups is 2. The maximum atomic E-state index is 12.6. The van der Waals surface area contributed by atoms with Crippen molar-refractivity contribution in [3.63, 3.8) is 0 Å². The van der Waals surface area contributed by atoms with Crippen LogP contribution >= 0.6 is 0 Å². The average molecular weight is 488 g/mol. The van der Waals surface area contributed by atoms with Gasteiger partial charge < -0.3 is 4.74 Å². The summed E-state index contributed by atoms with van der Waals surface area (Å²) >= 11 is 0. The minimum absolute atomic E-state index is 0.189. The van der Waals surface area contributed by atoms with E-state index in [0.29, 0.717) is 12.8 Å². The number of hydrogen-bond donors (Lipinski definition) is 0. The summed E-state index contributed by atoms with van der Waals surface area (Å²) in [6, 6.07) is 9.25. The molecule has 1 aliphatic heterocycles. The fraction of sp³-hybridized carbons (Fsp3) is 0.375. The molecule has 1 aromatic carbocycles. The van der Waals surface area contributed by atoms with E-state index in [1.807, 2.05) is 43.3 Å². The summed E-state index contributed by atoms with van der Waals surface area (Å²) in [5.74, 6) is -0.189. The van der Waals surface area contributed by atoms with E-state index in [0.717, 1.165) is 44.1 Å². The molecule has 1 aromatic rings. The number of hydrogen-bond acceptors (Lipinski definition) is 3. The van der Waals surface area contributed by atoms with Crippen molar-refractivity contribution in [2.45, 2.75) is 77.4 Å². The molecule has 4 nitrogen and oxygen atoms in total. The van der Waals surface area contributed by atoms with Gasteiger partial charge in [0.1, 0.15) is 6.10 Å². The maximum Gasteiger partial charge on any atom is 0.417 e. The Morgan fingerprint density at radius 1 is 0.778 bits per heavy atom. The van der Waals surface area contributed by atoms with Crippen molar-refractivity contribution in [1.82, 2.24) is 4.90 Å². The normalized spacial score (nSPS) is 18.8. The fourth-order valence-electron chi connectivity index (χ4n) is 3.85. The van der Waals surface area contributed by atoms with Crippen LogP contribution in [0.25, 0.3) is 0 Å². The second kappa shape index (κ2) is 18.0. The molecule has 0 N–H and O–H groups in total. The fourth-order valence-corrected chi connectivity index (χ4v) is 3.85. The highest BCUT2D eigenvalue weighted by molar-refractivity contribution is 5.93. The van der Waals surface area contributed by atoms with Gasteiger partial charge in [0.2, 0.25) is 5.91 Å². The van der Waals surface area contributed by atoms with E-state index in [4.69, 9.17) is 4.74 Å². The SMILES string of the molecule is CCC=CCC=CCC=CCC=CCC=CCC=CCCC(=O)N1C(=O)O[C@@H](c2ccccc2)[C@H]1C. The summed E-state index contributed by atoms with van der Waals surface area (Å²) in [7, 11) is 0. The molecule has 1 saturated heterocycles. The van der Waals surface area contributed by atoms with Gasteiger partial charge in [-0.05, 0) is 57.4 Å². The van der Waals surface area contributed by atoms with Crippen LogP contribution in [0.4, 0.5) is 4.79 Å². The lowest BCUT2D eigenvalue weighted by Gasteiger charge is -2.19. The van der Waals surface area contributed by atoms with Gasteiger partial charge >= 0.3 is 6.09 Å². The van der Waals surface area contributed by atoms with Crippen LogP contribution in [0.15, 0.2) is 103 Å². The summed E-state index contributed by atoms with van der Waals surface area (Å²) < 4.78 is 5.46. The predicted molar refractivity (Wildman–Crippen MR) is 149 cm³/mol. The van der Waals surface area contributed by atoms with Gasteiger partial charge in [0.25, 0.3) is 0 Å². The van der Waals surface area contributed by atoms with Gasteiger partial charge in [-0.3, -0.25) is 4.79 Å². The van der Waals surface area contributed by atoms with Crippen molar-refractivity contribution in [3.8, 4) is 0 Å². The molecule has 4 heteroatoms. The molecular formula is C32H41NO3. The van der Waals surface area contributed by atoms with Crippen LogP contribution in [0.5, 0.6) is 0 Å². The molecule has 2 atom stereocenters. The number of ether oxygens (including phenoxy) is 1. The summed E-state index contributed by atoms with van der Waals surface area (Å²) in [6.45, 7) is 4.01. The molecule has 1 aliphatic rings. The average Bonchev–Trinajstić information content (AvgIpc) is 3.19. The molecule has 0 radical (unpaired) electrons. The molecule has 0 spiro atoms. The van der Waals surface area contributed by atoms with E-state index < -0.39 is 12.2 Å². The van der Waals surface area contributed by atoms with E-state index in [9.17, 15) is 9.59 Å². The first-order valence-electron chi connectivity index (χ1n) is 13.1. The highest BCUT2D eigenvalue weighted by Gasteiger charge is 2.42. The van der Waals surface area contributed by atoms with Crippen molar-refractivity contribution < 1.29 is 14.3 Å². The van der Waals surface area contributed by atoms with Crippen LogP contribution in [0.1, 0.15) is 76.9 Å². The molecule has 0 aromatic heterocycles. The Kier molecular flexibility index (Phi) is 14.4. The number of nitrogens with zero attached hydrogens (tertiary/aromatic N) is 1. The Hall–Kier alpha value is -3.40. The number of amides is 2. The van der Waals surface area contributed by atoms with E-state index in [1.165, 1.54) is 4.90 Å². The quantitative estimate of drug-likeness (QED) is 0.233. The zero-order valence-electron chi connectivity index (χ0n) is 21.8. The van der Waals surface area contributed by atoms with E-state index >= 15 is 0 Å². The lowest BCUT2D eigenvalue weighted by atomic mass is 10.0. The number of allylic oxidation sites excluding steroid dienone is 12. The van der Waals surface area contributed by atoms with E-state index in [-0.39, 0.29) is 11.9 Å². The molecule has 0 aliphatic carbocycles. The number of rotatable bonds is 15. The van der Waals surface area contributed by atoms with Crippen LogP contribution in [-0.4, -0.2) is 22.9 Å². The lowest BCUT2D eigenvalue weighted by molar-refractivity contribution is -0.129. The van der Waals surface area contributed by atoms with Gasteiger partial charge in [-0.2, -0.15) is 0 Å². The molecule has 0 saturated carbocycles. The summed E-state index contributed by atoms with van der Waals surface area (Å²) in [5.41, 5.74) is 0.908. The Morgan fingerprint density at radius 3 is 1.75 bits per heavy atom. The number of benzene rings is 1. The van der Waals surface area contributed by atoms with Crippen LogP contribution in [0.3, 0.4) is 0 Å². The second-order valence-corrected chi connectivity index (χ2v) is 8.67. The van der Waals surface area contributed by atoms with Crippen molar-refractivity contribution in [2.75, 3.05) is 0 Å². The van der Waals surface area contributed by atoms with Crippen molar-refractivity contribution in [1.29, 1.82) is 0 Å². The third kappa shape index (κ3) is 10.9. The molecule has 0 unspecified atom stereocenters. The Morgan fingerprint density at radius 2 is 1.25 bits per heavy atom. The monoisotopic (exact) mass is 487 g/mol. The highest BCUT2D eigenvalue weighted by Crippen LogP contribution is 2.32. The molecule has 1 fully saturated rings. The first kappa shape index (κ1) is 28.8. The van der Waals surface area contributed by atoms with Gasteiger partial charge in [-0.15, -0.1) is 0 Å². The third-order valence-electron chi connectivity index (χ3n) is 5.79. The van der Waals surface area contributed by atoms with Gasteiger partial charge in [-0.1, -0.05) is 110 Å². The van der Waals surface area contributed by atoms with Crippen LogP contribution in [0, 0.1) is 0 Å². The van der Waals surface area contributed by atoms with Crippen LogP contribution in [-0.2, 0) is 9.53 Å². The Bertz CT molecular complexity index is 953. The molecular weight excluding hydrogens is 446 g/mol. The Balaban J connectivity index is 1.55. The number of cyclic esters (lactones) is 1. The smallest absolute Gasteiger partial charge is 0.417 e.